The minimum atomic E-state index is -1.13. The molecule has 1 aliphatic carbocycles. The second-order valence-electron chi connectivity index (χ2n) is 10.9. The van der Waals surface area contributed by atoms with Gasteiger partial charge in [-0.3, -0.25) is 0 Å². The number of rotatable bonds is 10. The molecule has 9 heteroatoms. The molecule has 1 saturated carbocycles. The molecule has 5 N–H and O–H groups in total. The number of carbonyl (C=O) groups is 3. The van der Waals surface area contributed by atoms with Gasteiger partial charge < -0.3 is 30.7 Å². The second-order valence-corrected chi connectivity index (χ2v) is 10.9. The molecule has 4 aromatic rings. The third-order valence-electron chi connectivity index (χ3n) is 7.78. The summed E-state index contributed by atoms with van der Waals surface area (Å²) in [5, 5.41) is 35.1. The fourth-order valence-electron chi connectivity index (χ4n) is 5.42. The van der Waals surface area contributed by atoms with Gasteiger partial charge in [0.2, 0.25) is 0 Å². The van der Waals surface area contributed by atoms with Crippen LogP contribution in [0.5, 0.6) is 0 Å². The monoisotopic (exact) mass is 610 g/mol. The number of benzene rings is 4. The molecule has 0 bridgehead atoms. The second kappa shape index (κ2) is 15.5. The lowest BCUT2D eigenvalue weighted by Gasteiger charge is -2.25. The molecule has 234 valence electrons. The number of aliphatic carboxylic acids is 1. The van der Waals surface area contributed by atoms with Gasteiger partial charge >= 0.3 is 17.9 Å². The highest BCUT2D eigenvalue weighted by atomic mass is 16.5. The molecule has 0 aromatic heterocycles. The first kappa shape index (κ1) is 32.8. The Hall–Kier alpha value is -5.15. The first-order valence-corrected chi connectivity index (χ1v) is 14.9. The van der Waals surface area contributed by atoms with Crippen molar-refractivity contribution in [3.63, 3.8) is 0 Å². The first-order valence-electron chi connectivity index (χ1n) is 14.9. The first-order chi connectivity index (χ1) is 21.7. The molecule has 0 amide bonds. The van der Waals surface area contributed by atoms with E-state index < -0.39 is 24.0 Å². The van der Waals surface area contributed by atoms with Gasteiger partial charge in [-0.2, -0.15) is 0 Å². The summed E-state index contributed by atoms with van der Waals surface area (Å²) in [4.78, 5) is 35.4. The molecule has 0 aliphatic heterocycles. The van der Waals surface area contributed by atoms with Crippen LogP contribution in [-0.4, -0.2) is 39.3 Å². The summed E-state index contributed by atoms with van der Waals surface area (Å²) in [5.41, 5.74) is 3.33. The number of carboxylic acids is 3. The highest BCUT2D eigenvalue weighted by Gasteiger charge is 2.28. The standard InChI is InChI=1S/C22H20N2O4.C14H18O3/c1-13-14(2)18(22(27)28)20(24-16-11-7-4-8-12-16)19(17(13)21(25)26)23-15-9-5-3-6-10-15;15-14(16)13(11-7-3-1-4-8-11)17-12-9-5-2-6-10-12/h3-12,23-24H,1-2H3,(H,25,26)(H,27,28);1,3-4,7-8,12-13H,2,5-6,9-10H2,(H,15,16). The molecular formula is C36H38N2O7. The van der Waals surface area contributed by atoms with Gasteiger partial charge in [0.25, 0.3) is 0 Å². The average Bonchev–Trinajstić information content (AvgIpc) is 3.04. The maximum Gasteiger partial charge on any atom is 0.338 e. The van der Waals surface area contributed by atoms with Crippen LogP contribution in [0.25, 0.3) is 0 Å². The lowest BCUT2D eigenvalue weighted by Crippen LogP contribution is -2.24. The van der Waals surface area contributed by atoms with Crippen LogP contribution in [0.3, 0.4) is 0 Å². The van der Waals surface area contributed by atoms with E-state index in [1.54, 1.807) is 38.1 Å². The molecule has 1 unspecified atom stereocenters. The SMILES string of the molecule is Cc1c(C)c(C(=O)O)c(Nc2ccccc2)c(Nc2ccccc2)c1C(=O)O.O=C(O)C(OC1CCCCC1)c1ccccc1. The molecule has 0 heterocycles. The summed E-state index contributed by atoms with van der Waals surface area (Å²) in [6.07, 6.45) is 4.78. The minimum Gasteiger partial charge on any atom is -0.479 e. The van der Waals surface area contributed by atoms with Crippen molar-refractivity contribution < 1.29 is 34.4 Å². The van der Waals surface area contributed by atoms with Crippen molar-refractivity contribution in [3.8, 4) is 0 Å². The number of hydrogen-bond acceptors (Lipinski definition) is 6. The summed E-state index contributed by atoms with van der Waals surface area (Å²) in [5.74, 6) is -3.17. The van der Waals surface area contributed by atoms with E-state index in [1.807, 2.05) is 66.7 Å². The minimum absolute atomic E-state index is 0.0322. The van der Waals surface area contributed by atoms with E-state index in [9.17, 15) is 29.7 Å². The Labute approximate surface area is 262 Å². The highest BCUT2D eigenvalue weighted by Crippen LogP contribution is 2.40. The van der Waals surface area contributed by atoms with E-state index in [4.69, 9.17) is 4.74 Å². The summed E-state index contributed by atoms with van der Waals surface area (Å²) in [6, 6.07) is 27.3. The van der Waals surface area contributed by atoms with E-state index >= 15 is 0 Å². The maximum atomic E-state index is 12.1. The fraction of sp³-hybridized carbons (Fsp3) is 0.250. The van der Waals surface area contributed by atoms with Crippen molar-refractivity contribution in [1.82, 2.24) is 0 Å². The van der Waals surface area contributed by atoms with Gasteiger partial charge in [-0.25, -0.2) is 14.4 Å². The summed E-state index contributed by atoms with van der Waals surface area (Å²) >= 11 is 0. The van der Waals surface area contributed by atoms with Crippen molar-refractivity contribution >= 4 is 40.7 Å². The quantitative estimate of drug-likeness (QED) is 0.120. The Morgan fingerprint density at radius 1 is 0.644 bits per heavy atom. The highest BCUT2D eigenvalue weighted by molar-refractivity contribution is 6.09. The van der Waals surface area contributed by atoms with E-state index in [0.717, 1.165) is 31.2 Å². The van der Waals surface area contributed by atoms with E-state index in [2.05, 4.69) is 10.6 Å². The smallest absolute Gasteiger partial charge is 0.338 e. The molecule has 1 aliphatic rings. The van der Waals surface area contributed by atoms with E-state index in [-0.39, 0.29) is 28.6 Å². The number of anilines is 4. The number of hydrogen-bond donors (Lipinski definition) is 5. The van der Waals surface area contributed by atoms with Crippen LogP contribution < -0.4 is 10.6 Å². The number of nitrogens with one attached hydrogen (secondary N) is 2. The predicted octanol–water partition coefficient (Wildman–Crippen LogP) is 8.35. The van der Waals surface area contributed by atoms with Crippen molar-refractivity contribution in [2.45, 2.75) is 58.2 Å². The molecular weight excluding hydrogens is 572 g/mol. The predicted molar refractivity (Wildman–Crippen MR) is 174 cm³/mol. The molecule has 4 aromatic carbocycles. The summed E-state index contributed by atoms with van der Waals surface area (Å²) in [7, 11) is 0. The number of ether oxygens (including phenoxy) is 1. The van der Waals surface area contributed by atoms with Crippen molar-refractivity contribution in [1.29, 1.82) is 0 Å². The van der Waals surface area contributed by atoms with Crippen molar-refractivity contribution in [2.24, 2.45) is 0 Å². The zero-order valence-electron chi connectivity index (χ0n) is 25.3. The normalized spacial score (nSPS) is 13.6. The van der Waals surface area contributed by atoms with Gasteiger partial charge in [0, 0.05) is 11.4 Å². The third kappa shape index (κ3) is 8.49. The topological polar surface area (TPSA) is 145 Å². The third-order valence-corrected chi connectivity index (χ3v) is 7.78. The van der Waals surface area contributed by atoms with Crippen LogP contribution in [0.1, 0.15) is 75.6 Å². The summed E-state index contributed by atoms with van der Waals surface area (Å²) in [6.45, 7) is 3.24. The van der Waals surface area contributed by atoms with Gasteiger partial charge in [0.1, 0.15) is 0 Å². The molecule has 0 spiro atoms. The van der Waals surface area contributed by atoms with Gasteiger partial charge in [0.15, 0.2) is 6.10 Å². The Balaban J connectivity index is 0.000000231. The molecule has 0 radical (unpaired) electrons. The molecule has 9 nitrogen and oxygen atoms in total. The Bertz CT molecular complexity index is 1520. The molecule has 45 heavy (non-hydrogen) atoms. The van der Waals surface area contributed by atoms with Crippen LogP contribution >= 0.6 is 0 Å². The van der Waals surface area contributed by atoms with Crippen LogP contribution in [-0.2, 0) is 9.53 Å². The van der Waals surface area contributed by atoms with E-state index in [1.165, 1.54) is 6.42 Å². The van der Waals surface area contributed by atoms with Crippen LogP contribution in [0, 0.1) is 13.8 Å². The molecule has 0 saturated heterocycles. The lowest BCUT2D eigenvalue weighted by atomic mass is 9.93. The van der Waals surface area contributed by atoms with Gasteiger partial charge in [-0.1, -0.05) is 86.0 Å². The van der Waals surface area contributed by atoms with Crippen LogP contribution in [0.15, 0.2) is 91.0 Å². The van der Waals surface area contributed by atoms with Gasteiger partial charge in [-0.15, -0.1) is 0 Å². The molecule has 1 fully saturated rings. The Morgan fingerprint density at radius 3 is 1.42 bits per heavy atom. The largest absolute Gasteiger partial charge is 0.479 e. The fourth-order valence-corrected chi connectivity index (χ4v) is 5.42. The summed E-state index contributed by atoms with van der Waals surface area (Å²) < 4.78 is 5.74. The molecule has 5 rings (SSSR count). The Kier molecular flexibility index (Phi) is 11.3. The molecule has 1 atom stereocenters. The van der Waals surface area contributed by atoms with Crippen molar-refractivity contribution in [2.75, 3.05) is 10.6 Å². The maximum absolute atomic E-state index is 12.1. The lowest BCUT2D eigenvalue weighted by molar-refractivity contribution is -0.156. The Morgan fingerprint density at radius 2 is 1.04 bits per heavy atom. The van der Waals surface area contributed by atoms with E-state index in [0.29, 0.717) is 22.5 Å². The van der Waals surface area contributed by atoms with Crippen LogP contribution in [0.2, 0.25) is 0 Å². The van der Waals surface area contributed by atoms with Gasteiger partial charge in [-0.05, 0) is 67.6 Å². The van der Waals surface area contributed by atoms with Crippen LogP contribution in [0.4, 0.5) is 22.7 Å². The zero-order valence-corrected chi connectivity index (χ0v) is 25.3. The average molecular weight is 611 g/mol. The van der Waals surface area contributed by atoms with Crippen molar-refractivity contribution in [3.05, 3.63) is 119 Å². The number of para-hydroxylation sites is 2. The number of carboxylic acid groups (broad SMARTS) is 3. The van der Waals surface area contributed by atoms with Gasteiger partial charge in [0.05, 0.1) is 28.6 Å². The number of aromatic carboxylic acids is 2. The zero-order chi connectivity index (χ0) is 32.3.